The predicted molar refractivity (Wildman–Crippen MR) is 90.5 cm³/mol. The number of aromatic hydroxyl groups is 1. The van der Waals surface area contributed by atoms with Gasteiger partial charge in [0.2, 0.25) is 0 Å². The minimum Gasteiger partial charge on any atom is -0.508 e. The van der Waals surface area contributed by atoms with Crippen molar-refractivity contribution in [2.45, 2.75) is 49.9 Å². The zero-order valence-electron chi connectivity index (χ0n) is 14.6. The van der Waals surface area contributed by atoms with Crippen molar-refractivity contribution in [2.75, 3.05) is 0 Å². The molecule has 6 nitrogen and oxygen atoms in total. The van der Waals surface area contributed by atoms with Gasteiger partial charge in [-0.3, -0.25) is 4.79 Å². The largest absolute Gasteiger partial charge is 0.508 e. The van der Waals surface area contributed by atoms with Gasteiger partial charge in [0.15, 0.2) is 11.4 Å². The third-order valence-corrected chi connectivity index (χ3v) is 7.34. The number of ether oxygens (including phenoxy) is 1. The first kappa shape index (κ1) is 16.3. The van der Waals surface area contributed by atoms with E-state index in [-0.39, 0.29) is 30.4 Å². The highest BCUT2D eigenvalue weighted by Crippen LogP contribution is 2.69. The van der Waals surface area contributed by atoms with Crippen LogP contribution in [0.15, 0.2) is 30.0 Å². The van der Waals surface area contributed by atoms with E-state index in [2.05, 4.69) is 0 Å². The highest BCUT2D eigenvalue weighted by atomic mass is 16.5. The summed E-state index contributed by atoms with van der Waals surface area (Å²) in [6, 6.07) is 4.84. The number of carbonyl (C=O) groups excluding carboxylic acids is 1. The molecule has 4 N–H and O–H groups in total. The molecule has 1 heterocycles. The van der Waals surface area contributed by atoms with Crippen LogP contribution in [0.25, 0.3) is 0 Å². The highest BCUT2D eigenvalue weighted by molar-refractivity contribution is 5.94. The highest BCUT2D eigenvalue weighted by Gasteiger charge is 2.74. The first-order valence-electron chi connectivity index (χ1n) is 8.97. The maximum Gasteiger partial charge on any atom is 0.172 e. The van der Waals surface area contributed by atoms with Gasteiger partial charge in [-0.15, -0.1) is 0 Å². The van der Waals surface area contributed by atoms with Gasteiger partial charge in [0.1, 0.15) is 11.5 Å². The molecule has 0 aromatic heterocycles. The Morgan fingerprint density at radius 1 is 1.23 bits per heavy atom. The van der Waals surface area contributed by atoms with E-state index < -0.39 is 34.4 Å². The smallest absolute Gasteiger partial charge is 0.172 e. The van der Waals surface area contributed by atoms with E-state index in [4.69, 9.17) is 4.74 Å². The molecule has 6 atom stereocenters. The van der Waals surface area contributed by atoms with Crippen LogP contribution in [0.1, 0.15) is 38.2 Å². The lowest BCUT2D eigenvalue weighted by atomic mass is 9.49. The summed E-state index contributed by atoms with van der Waals surface area (Å²) in [5.74, 6) is -1.19. The fourth-order valence-corrected chi connectivity index (χ4v) is 6.11. The number of hydrogen-bond donors (Lipinski definition) is 4. The fraction of sp³-hybridized carbons (Fsp3) is 0.550. The third kappa shape index (κ3) is 1.61. The Labute approximate surface area is 150 Å². The number of hydrogen-bond acceptors (Lipinski definition) is 6. The van der Waals surface area contributed by atoms with Crippen LogP contribution < -0.4 is 4.74 Å². The van der Waals surface area contributed by atoms with Crippen LogP contribution >= 0.6 is 0 Å². The first-order chi connectivity index (χ1) is 12.1. The van der Waals surface area contributed by atoms with Crippen molar-refractivity contribution >= 4 is 5.78 Å². The molecule has 1 aliphatic heterocycles. The van der Waals surface area contributed by atoms with Crippen molar-refractivity contribution < 1.29 is 30.0 Å². The number of carbonyl (C=O) groups is 1. The summed E-state index contributed by atoms with van der Waals surface area (Å²) < 4.78 is 5.66. The van der Waals surface area contributed by atoms with Crippen molar-refractivity contribution in [3.8, 4) is 11.5 Å². The molecule has 0 amide bonds. The lowest BCUT2D eigenvalue weighted by Crippen LogP contribution is -2.66. The topological polar surface area (TPSA) is 107 Å². The number of phenolic OH excluding ortho intramolecular Hbond substituents is 1. The van der Waals surface area contributed by atoms with E-state index in [9.17, 15) is 25.2 Å². The Morgan fingerprint density at radius 2 is 1.96 bits per heavy atom. The summed E-state index contributed by atoms with van der Waals surface area (Å²) in [5.41, 5.74) is -2.53. The van der Waals surface area contributed by atoms with Crippen LogP contribution in [-0.2, 0) is 4.79 Å². The molecular formula is C20H22O6. The average molecular weight is 358 g/mol. The van der Waals surface area contributed by atoms with Crippen LogP contribution in [0.2, 0.25) is 0 Å². The van der Waals surface area contributed by atoms with Crippen LogP contribution in [-0.4, -0.2) is 43.5 Å². The van der Waals surface area contributed by atoms with Crippen molar-refractivity contribution in [1.82, 2.24) is 0 Å². The Balaban J connectivity index is 1.77. The van der Waals surface area contributed by atoms with Crippen molar-refractivity contribution in [2.24, 2.45) is 17.3 Å². The summed E-state index contributed by atoms with van der Waals surface area (Å²) in [5, 5.41) is 42.9. The number of phenols is 1. The van der Waals surface area contributed by atoms with Crippen molar-refractivity contribution in [3.05, 3.63) is 35.6 Å². The third-order valence-electron chi connectivity index (χ3n) is 7.34. The molecule has 4 aliphatic rings. The quantitative estimate of drug-likeness (QED) is 0.556. The molecule has 0 saturated heterocycles. The first-order valence-corrected chi connectivity index (χ1v) is 8.97. The van der Waals surface area contributed by atoms with E-state index in [1.165, 1.54) is 12.3 Å². The van der Waals surface area contributed by atoms with Gasteiger partial charge in [-0.05, 0) is 23.8 Å². The van der Waals surface area contributed by atoms with Gasteiger partial charge in [-0.25, -0.2) is 0 Å². The molecule has 3 aliphatic carbocycles. The Morgan fingerprint density at radius 3 is 2.69 bits per heavy atom. The zero-order chi connectivity index (χ0) is 18.6. The maximum absolute atomic E-state index is 12.9. The molecule has 1 aromatic rings. The summed E-state index contributed by atoms with van der Waals surface area (Å²) in [6.07, 6.45) is 0.258. The number of fused-ring (bicyclic) bond motifs is 5. The Hall–Kier alpha value is -1.89. The maximum atomic E-state index is 12.9. The van der Waals surface area contributed by atoms with Gasteiger partial charge in [0.25, 0.3) is 0 Å². The molecule has 26 heavy (non-hydrogen) atoms. The van der Waals surface area contributed by atoms with Gasteiger partial charge in [0.05, 0.1) is 18.0 Å². The van der Waals surface area contributed by atoms with Crippen molar-refractivity contribution in [1.29, 1.82) is 0 Å². The molecule has 3 saturated carbocycles. The van der Waals surface area contributed by atoms with E-state index in [1.807, 2.05) is 13.8 Å². The molecule has 5 rings (SSSR count). The number of aliphatic hydroxyl groups excluding tert-OH is 1. The SMILES string of the molecule is CC1(C)C2C(=COc3cc(O)ccc32)[C@]2(O)C(=O)C[C@]3(O)C[C@@H]1C2[C@H]3O. The minimum atomic E-state index is -1.84. The van der Waals surface area contributed by atoms with Gasteiger partial charge < -0.3 is 25.2 Å². The predicted octanol–water partition coefficient (Wildman–Crippen LogP) is 1.22. The fourth-order valence-electron chi connectivity index (χ4n) is 6.11. The molecule has 3 fully saturated rings. The van der Waals surface area contributed by atoms with Gasteiger partial charge in [-0.1, -0.05) is 19.9 Å². The monoisotopic (exact) mass is 358 g/mol. The number of ketones is 1. The molecular weight excluding hydrogens is 336 g/mol. The van der Waals surface area contributed by atoms with E-state index in [1.54, 1.807) is 12.1 Å². The standard InChI is InChI=1S/C20H22O6/c1-18(2)11-6-19(24)7-14(22)20(25,16(11)17(19)23)12-8-26-13-5-9(21)3-4-10(13)15(12)18/h3-5,8,11,15-17,21,23-25H,6-7H2,1-2H3/t11-,15?,16?,17-,19-,20+/m1/s1. The number of benzene rings is 1. The minimum absolute atomic E-state index is 0.0772. The zero-order valence-corrected chi connectivity index (χ0v) is 14.6. The van der Waals surface area contributed by atoms with Crippen LogP contribution in [0.5, 0.6) is 11.5 Å². The van der Waals surface area contributed by atoms with Crippen LogP contribution in [0, 0.1) is 17.3 Å². The second kappa shape index (κ2) is 4.50. The molecule has 6 heteroatoms. The van der Waals surface area contributed by atoms with Crippen LogP contribution in [0.4, 0.5) is 0 Å². The number of Topliss-reactive ketones (excluding diaryl/α,β-unsaturated/α-hetero) is 1. The molecule has 138 valence electrons. The molecule has 0 spiro atoms. The van der Waals surface area contributed by atoms with E-state index in [0.717, 1.165) is 5.56 Å². The van der Waals surface area contributed by atoms with Gasteiger partial charge in [0, 0.05) is 35.5 Å². The number of aliphatic hydroxyl groups is 3. The van der Waals surface area contributed by atoms with Gasteiger partial charge in [-0.2, -0.15) is 0 Å². The second-order valence-corrected chi connectivity index (χ2v) is 8.92. The van der Waals surface area contributed by atoms with Gasteiger partial charge >= 0.3 is 0 Å². The number of rotatable bonds is 0. The molecule has 0 radical (unpaired) electrons. The normalized spacial score (nSPS) is 44.7. The van der Waals surface area contributed by atoms with Crippen LogP contribution in [0.3, 0.4) is 0 Å². The molecule has 2 unspecified atom stereocenters. The van der Waals surface area contributed by atoms with E-state index in [0.29, 0.717) is 11.3 Å². The lowest BCUT2D eigenvalue weighted by molar-refractivity contribution is -0.180. The molecule has 2 bridgehead atoms. The van der Waals surface area contributed by atoms with Crippen molar-refractivity contribution in [3.63, 3.8) is 0 Å². The molecule has 1 aromatic carbocycles. The Bertz CT molecular complexity index is 873. The average Bonchev–Trinajstić information content (AvgIpc) is 2.79. The lowest BCUT2D eigenvalue weighted by Gasteiger charge is -2.57. The second-order valence-electron chi connectivity index (χ2n) is 8.92. The summed E-state index contributed by atoms with van der Waals surface area (Å²) >= 11 is 0. The summed E-state index contributed by atoms with van der Waals surface area (Å²) in [4.78, 5) is 12.9. The van der Waals surface area contributed by atoms with E-state index >= 15 is 0 Å². The Kier molecular flexibility index (Phi) is 2.82. The summed E-state index contributed by atoms with van der Waals surface area (Å²) in [7, 11) is 0. The summed E-state index contributed by atoms with van der Waals surface area (Å²) in [6.45, 7) is 4.08.